The molecule has 1 aliphatic heterocycles. The summed E-state index contributed by atoms with van der Waals surface area (Å²) >= 11 is 0. The lowest BCUT2D eigenvalue weighted by atomic mass is 10.1. The lowest BCUT2D eigenvalue weighted by Gasteiger charge is -2.18. The third kappa shape index (κ3) is 2.96. The summed E-state index contributed by atoms with van der Waals surface area (Å²) in [5.41, 5.74) is 4.46. The fraction of sp³-hybridized carbons (Fsp3) is 0.200. The Kier molecular flexibility index (Phi) is 3.94. The second kappa shape index (κ2) is 6.62. The fourth-order valence-corrected chi connectivity index (χ4v) is 3.51. The number of amides is 1. The van der Waals surface area contributed by atoms with Gasteiger partial charge in [-0.1, -0.05) is 0 Å². The van der Waals surface area contributed by atoms with Crippen molar-refractivity contribution in [2.75, 3.05) is 29.5 Å². The summed E-state index contributed by atoms with van der Waals surface area (Å²) in [7, 11) is 1.81. The van der Waals surface area contributed by atoms with Crippen molar-refractivity contribution in [1.82, 2.24) is 24.9 Å². The maximum atomic E-state index is 12.8. The van der Waals surface area contributed by atoms with Gasteiger partial charge in [0.1, 0.15) is 0 Å². The van der Waals surface area contributed by atoms with Gasteiger partial charge in [0.15, 0.2) is 17.2 Å². The smallest absolute Gasteiger partial charge is 0.271 e. The zero-order valence-corrected chi connectivity index (χ0v) is 16.0. The van der Waals surface area contributed by atoms with Gasteiger partial charge in [-0.05, 0) is 31.2 Å². The van der Waals surface area contributed by atoms with Crippen LogP contribution in [0.25, 0.3) is 16.6 Å². The minimum Gasteiger partial charge on any atom is -0.385 e. The van der Waals surface area contributed by atoms with Crippen molar-refractivity contribution in [2.45, 2.75) is 13.0 Å². The molecule has 4 bridgehead atoms. The van der Waals surface area contributed by atoms with Gasteiger partial charge in [0.05, 0.1) is 17.4 Å². The van der Waals surface area contributed by atoms with E-state index in [1.54, 1.807) is 16.9 Å². The lowest BCUT2D eigenvalue weighted by molar-refractivity contribution is 0.0935. The second-order valence-corrected chi connectivity index (χ2v) is 7.04. The summed E-state index contributed by atoms with van der Waals surface area (Å²) in [6.07, 6.45) is 3.32. The number of anilines is 4. The molecule has 1 amide bonds. The number of imidazole rings is 1. The number of pyridine rings is 1. The van der Waals surface area contributed by atoms with E-state index in [9.17, 15) is 4.79 Å². The monoisotopic (exact) mass is 388 g/mol. The summed E-state index contributed by atoms with van der Waals surface area (Å²) in [6.45, 7) is 2.52. The quantitative estimate of drug-likeness (QED) is 0.397. The molecular weight excluding hydrogens is 368 g/mol. The summed E-state index contributed by atoms with van der Waals surface area (Å²) in [6, 6.07) is 9.67. The normalized spacial score (nSPS) is 16.3. The first kappa shape index (κ1) is 17.2. The van der Waals surface area contributed by atoms with Crippen molar-refractivity contribution in [1.29, 1.82) is 0 Å². The number of nitrogens with zero attached hydrogens (tertiary/aromatic N) is 4. The summed E-state index contributed by atoms with van der Waals surface area (Å²) < 4.78 is 1.56. The third-order valence-electron chi connectivity index (χ3n) is 4.96. The van der Waals surface area contributed by atoms with Crippen LogP contribution in [0.15, 0.2) is 42.7 Å². The highest BCUT2D eigenvalue weighted by molar-refractivity contribution is 5.95. The number of fused-ring (bicyclic) bond motifs is 2. The Hall–Kier alpha value is -3.88. The van der Waals surface area contributed by atoms with Gasteiger partial charge in [0.25, 0.3) is 5.91 Å². The summed E-state index contributed by atoms with van der Waals surface area (Å²) in [5.74, 6) is 0.366. The van der Waals surface area contributed by atoms with E-state index in [0.29, 0.717) is 23.7 Å². The SMILES string of the molecule is CNc1cc2nn3c(cnc13)C(=O)N[C@H](C)CNc1ccnc3ccc(cc13)N2. The Morgan fingerprint density at radius 3 is 2.97 bits per heavy atom. The Labute approximate surface area is 166 Å². The highest BCUT2D eigenvalue weighted by Crippen LogP contribution is 2.28. The van der Waals surface area contributed by atoms with Crippen LogP contribution in [0.2, 0.25) is 0 Å². The third-order valence-corrected chi connectivity index (χ3v) is 4.96. The highest BCUT2D eigenvalue weighted by Gasteiger charge is 2.19. The van der Waals surface area contributed by atoms with E-state index in [1.807, 2.05) is 44.3 Å². The Morgan fingerprint density at radius 2 is 2.10 bits per heavy atom. The van der Waals surface area contributed by atoms with Gasteiger partial charge in [-0.3, -0.25) is 9.78 Å². The Bertz CT molecular complexity index is 1250. The number of benzene rings is 1. The Balaban J connectivity index is 1.71. The van der Waals surface area contributed by atoms with E-state index in [0.717, 1.165) is 28.0 Å². The van der Waals surface area contributed by atoms with Gasteiger partial charge in [-0.25, -0.2) is 9.50 Å². The molecule has 9 heteroatoms. The minimum atomic E-state index is -0.228. The predicted octanol–water partition coefficient (Wildman–Crippen LogP) is 2.61. The molecule has 3 aromatic heterocycles. The van der Waals surface area contributed by atoms with Crippen LogP contribution in [-0.4, -0.2) is 45.1 Å². The number of carbonyl (C=O) groups is 1. The molecule has 4 N–H and O–H groups in total. The van der Waals surface area contributed by atoms with E-state index in [1.165, 1.54) is 0 Å². The molecule has 4 heterocycles. The molecule has 0 unspecified atom stereocenters. The van der Waals surface area contributed by atoms with Crippen LogP contribution in [0.1, 0.15) is 17.4 Å². The van der Waals surface area contributed by atoms with Crippen molar-refractivity contribution >= 4 is 45.3 Å². The molecule has 5 rings (SSSR count). The number of carbonyl (C=O) groups excluding carboxylic acids is 1. The van der Waals surface area contributed by atoms with Crippen molar-refractivity contribution < 1.29 is 4.79 Å². The minimum absolute atomic E-state index is 0.104. The maximum Gasteiger partial charge on any atom is 0.271 e. The fourth-order valence-electron chi connectivity index (χ4n) is 3.51. The van der Waals surface area contributed by atoms with E-state index in [4.69, 9.17) is 0 Å². The molecule has 0 aliphatic carbocycles. The molecule has 0 saturated carbocycles. The highest BCUT2D eigenvalue weighted by atomic mass is 16.2. The van der Waals surface area contributed by atoms with E-state index < -0.39 is 0 Å². The topological polar surface area (TPSA) is 108 Å². The van der Waals surface area contributed by atoms with Crippen LogP contribution >= 0.6 is 0 Å². The zero-order chi connectivity index (χ0) is 20.0. The van der Waals surface area contributed by atoms with Gasteiger partial charge >= 0.3 is 0 Å². The van der Waals surface area contributed by atoms with Crippen LogP contribution in [0.3, 0.4) is 0 Å². The number of hydrogen-bond acceptors (Lipinski definition) is 7. The number of rotatable bonds is 1. The predicted molar refractivity (Wildman–Crippen MR) is 113 cm³/mol. The van der Waals surface area contributed by atoms with Crippen LogP contribution in [0, 0.1) is 0 Å². The first-order valence-electron chi connectivity index (χ1n) is 9.39. The Morgan fingerprint density at radius 1 is 1.21 bits per heavy atom. The van der Waals surface area contributed by atoms with Crippen molar-refractivity contribution in [3.05, 3.63) is 48.4 Å². The molecule has 1 aromatic carbocycles. The first-order chi connectivity index (χ1) is 14.1. The van der Waals surface area contributed by atoms with Gasteiger partial charge in [0.2, 0.25) is 0 Å². The van der Waals surface area contributed by atoms with Crippen LogP contribution in [-0.2, 0) is 0 Å². The second-order valence-electron chi connectivity index (χ2n) is 7.04. The average Bonchev–Trinajstić information content (AvgIpc) is 3.15. The molecule has 1 aliphatic rings. The van der Waals surface area contributed by atoms with E-state index in [2.05, 4.69) is 36.3 Å². The van der Waals surface area contributed by atoms with Crippen molar-refractivity contribution in [3.8, 4) is 0 Å². The van der Waals surface area contributed by atoms with Crippen LogP contribution < -0.4 is 21.3 Å². The van der Waals surface area contributed by atoms with E-state index in [-0.39, 0.29) is 11.9 Å². The molecule has 29 heavy (non-hydrogen) atoms. The van der Waals surface area contributed by atoms with Gasteiger partial charge in [-0.2, -0.15) is 0 Å². The van der Waals surface area contributed by atoms with Crippen molar-refractivity contribution in [3.63, 3.8) is 0 Å². The number of nitrogens with one attached hydrogen (secondary N) is 4. The number of aromatic nitrogens is 4. The van der Waals surface area contributed by atoms with Gasteiger partial charge in [0, 0.05) is 48.7 Å². The molecule has 146 valence electrons. The lowest BCUT2D eigenvalue weighted by Crippen LogP contribution is -2.38. The zero-order valence-electron chi connectivity index (χ0n) is 16.0. The average molecular weight is 388 g/mol. The molecule has 0 radical (unpaired) electrons. The molecule has 0 spiro atoms. The molecule has 1 atom stereocenters. The number of hydrogen-bond donors (Lipinski definition) is 4. The molecule has 4 aromatic rings. The van der Waals surface area contributed by atoms with E-state index >= 15 is 0 Å². The van der Waals surface area contributed by atoms with Crippen LogP contribution in [0.5, 0.6) is 0 Å². The maximum absolute atomic E-state index is 12.8. The standard InChI is InChI=1S/C20H20N8O/c1-11-9-23-15-5-6-22-14-4-3-12(7-13(14)15)26-18-8-16(21-2)19-24-10-17(20(29)25-11)28(19)27-18/h3-8,10-11,21,23H,9H2,1-2H3,(H,25,29)(H,26,27)/t11-/m1/s1. The molecule has 0 fully saturated rings. The molecule has 0 saturated heterocycles. The van der Waals surface area contributed by atoms with Crippen LogP contribution in [0.4, 0.5) is 22.9 Å². The summed E-state index contributed by atoms with van der Waals surface area (Å²) in [4.78, 5) is 21.7. The first-order valence-corrected chi connectivity index (χ1v) is 9.39. The summed E-state index contributed by atoms with van der Waals surface area (Å²) in [5, 5.41) is 18.5. The molecule has 9 nitrogen and oxygen atoms in total. The van der Waals surface area contributed by atoms with Crippen molar-refractivity contribution in [2.24, 2.45) is 0 Å². The van der Waals surface area contributed by atoms with Gasteiger partial charge in [-0.15, -0.1) is 5.10 Å². The molecular formula is C20H20N8O. The van der Waals surface area contributed by atoms with Gasteiger partial charge < -0.3 is 21.3 Å². The largest absolute Gasteiger partial charge is 0.385 e.